The molecule has 162 valence electrons. The quantitative estimate of drug-likeness (QED) is 0.268. The van der Waals surface area contributed by atoms with E-state index >= 15 is 0 Å². The molecule has 0 aromatic heterocycles. The Labute approximate surface area is 181 Å². The van der Waals surface area contributed by atoms with Crippen molar-refractivity contribution in [1.29, 1.82) is 5.26 Å². The number of aryl methyl sites for hydroxylation is 1. The molecule has 0 saturated heterocycles. The van der Waals surface area contributed by atoms with E-state index in [2.05, 4.69) is 29.4 Å². The number of carbonyl (C=O) groups is 1. The van der Waals surface area contributed by atoms with Crippen molar-refractivity contribution in [2.24, 2.45) is 0 Å². The van der Waals surface area contributed by atoms with Gasteiger partial charge in [0.2, 0.25) is 0 Å². The number of nitro benzene ring substituents is 1. The van der Waals surface area contributed by atoms with Crippen molar-refractivity contribution >= 4 is 28.7 Å². The largest absolute Gasteiger partial charge is 0.494 e. The topological polar surface area (TPSA) is 121 Å². The normalized spacial score (nSPS) is 10.7. The monoisotopic (exact) mass is 423 g/mol. The Morgan fingerprint density at radius 1 is 1.23 bits per heavy atom. The van der Waals surface area contributed by atoms with Crippen LogP contribution in [0.2, 0.25) is 0 Å². The Kier molecular flexibility index (Phi) is 7.97. The number of non-ortho nitro benzene ring substituents is 1. The van der Waals surface area contributed by atoms with E-state index < -0.39 is 10.8 Å². The highest BCUT2D eigenvalue weighted by atomic mass is 16.6. The minimum absolute atomic E-state index is 0.121. The van der Waals surface area contributed by atoms with Gasteiger partial charge >= 0.3 is 0 Å². The third-order valence-corrected chi connectivity index (χ3v) is 4.72. The van der Waals surface area contributed by atoms with Gasteiger partial charge in [-0.2, -0.15) is 5.26 Å². The molecule has 1 amide bonds. The molecule has 31 heavy (non-hydrogen) atoms. The number of carbonyl (C=O) groups excluding carboxylic acids is 1. The van der Waals surface area contributed by atoms with Crippen molar-refractivity contribution in [1.82, 2.24) is 0 Å². The molecule has 2 rings (SSSR count). The molecule has 0 aliphatic carbocycles. The first-order chi connectivity index (χ1) is 14.8. The molecule has 0 unspecified atom stereocenters. The molecule has 0 aliphatic rings. The minimum Gasteiger partial charge on any atom is -0.494 e. The first kappa shape index (κ1) is 23.2. The fourth-order valence-corrected chi connectivity index (χ4v) is 2.98. The van der Waals surface area contributed by atoms with Crippen LogP contribution in [-0.2, 0) is 4.79 Å². The van der Waals surface area contributed by atoms with Crippen LogP contribution in [0, 0.1) is 28.4 Å². The lowest BCUT2D eigenvalue weighted by Crippen LogP contribution is -2.21. The van der Waals surface area contributed by atoms with Crippen LogP contribution in [0.4, 0.5) is 22.7 Å². The SMILES string of the molecule is CCN(CC)c1ccc(N/C=C(/C#N)C(=O)Nc2ccc([N+](=O)[O-])cc2OC)c(C)c1. The molecule has 0 aliphatic heterocycles. The van der Waals surface area contributed by atoms with Gasteiger partial charge in [0, 0.05) is 36.7 Å². The number of nitrogens with one attached hydrogen (secondary N) is 2. The number of nitriles is 1. The number of methoxy groups -OCH3 is 1. The summed E-state index contributed by atoms with van der Waals surface area (Å²) in [7, 11) is 1.34. The van der Waals surface area contributed by atoms with Crippen molar-refractivity contribution in [2.45, 2.75) is 20.8 Å². The molecule has 0 fully saturated rings. The molecular weight excluding hydrogens is 398 g/mol. The van der Waals surface area contributed by atoms with Gasteiger partial charge in [-0.05, 0) is 50.6 Å². The second-order valence-corrected chi connectivity index (χ2v) is 6.58. The van der Waals surface area contributed by atoms with Crippen LogP contribution in [0.15, 0.2) is 48.2 Å². The van der Waals surface area contributed by atoms with Crippen LogP contribution < -0.4 is 20.3 Å². The Bertz CT molecular complexity index is 1040. The van der Waals surface area contributed by atoms with Crippen LogP contribution in [0.25, 0.3) is 0 Å². The van der Waals surface area contributed by atoms with Gasteiger partial charge in [0.05, 0.1) is 23.8 Å². The molecule has 0 bridgehead atoms. The Balaban J connectivity index is 2.18. The summed E-state index contributed by atoms with van der Waals surface area (Å²) in [6.07, 6.45) is 1.33. The molecule has 9 heteroatoms. The maximum Gasteiger partial charge on any atom is 0.273 e. The van der Waals surface area contributed by atoms with Crippen molar-refractivity contribution in [3.8, 4) is 11.8 Å². The van der Waals surface area contributed by atoms with E-state index in [0.29, 0.717) is 0 Å². The summed E-state index contributed by atoms with van der Waals surface area (Å²) in [4.78, 5) is 25.1. The fraction of sp³-hybridized carbons (Fsp3) is 0.273. The zero-order chi connectivity index (χ0) is 23.0. The third-order valence-electron chi connectivity index (χ3n) is 4.72. The van der Waals surface area contributed by atoms with Crippen LogP contribution >= 0.6 is 0 Å². The van der Waals surface area contributed by atoms with E-state index in [1.54, 1.807) is 0 Å². The van der Waals surface area contributed by atoms with Gasteiger partial charge < -0.3 is 20.3 Å². The zero-order valence-electron chi connectivity index (χ0n) is 17.9. The molecule has 2 N–H and O–H groups in total. The van der Waals surface area contributed by atoms with E-state index in [9.17, 15) is 20.2 Å². The number of anilines is 3. The number of hydrogen-bond acceptors (Lipinski definition) is 7. The Hall–Kier alpha value is -4.06. The summed E-state index contributed by atoms with van der Waals surface area (Å²) in [6.45, 7) is 7.91. The highest BCUT2D eigenvalue weighted by molar-refractivity contribution is 6.07. The standard InChI is InChI=1S/C22H25N5O4/c1-5-26(6-2)17-7-9-19(15(3)11-17)24-14-16(13-23)22(28)25-20-10-8-18(27(29)30)12-21(20)31-4/h7-12,14,24H,5-6H2,1-4H3,(H,25,28)/b16-14-. The molecular formula is C22H25N5O4. The minimum atomic E-state index is -0.667. The third kappa shape index (κ3) is 5.73. The van der Waals surface area contributed by atoms with Gasteiger partial charge in [0.1, 0.15) is 17.4 Å². The summed E-state index contributed by atoms with van der Waals surface area (Å²) in [5, 5.41) is 25.8. The average Bonchev–Trinajstić information content (AvgIpc) is 2.76. The number of rotatable bonds is 9. The highest BCUT2D eigenvalue weighted by Gasteiger charge is 2.16. The number of ether oxygens (including phenoxy) is 1. The lowest BCUT2D eigenvalue weighted by Gasteiger charge is -2.22. The van der Waals surface area contributed by atoms with Crippen LogP contribution in [0.5, 0.6) is 5.75 Å². The average molecular weight is 423 g/mol. The van der Waals surface area contributed by atoms with Crippen LogP contribution in [0.1, 0.15) is 19.4 Å². The summed E-state index contributed by atoms with van der Waals surface area (Å²) in [6, 6.07) is 11.6. The number of nitro groups is 1. The first-order valence-corrected chi connectivity index (χ1v) is 9.70. The number of benzene rings is 2. The van der Waals surface area contributed by atoms with Crippen molar-refractivity contribution in [3.05, 3.63) is 63.8 Å². The number of hydrogen-bond donors (Lipinski definition) is 2. The van der Waals surface area contributed by atoms with E-state index in [0.717, 1.165) is 30.0 Å². The van der Waals surface area contributed by atoms with E-state index in [4.69, 9.17) is 4.74 Å². The van der Waals surface area contributed by atoms with Gasteiger partial charge in [-0.15, -0.1) is 0 Å². The van der Waals surface area contributed by atoms with Crippen molar-refractivity contribution in [2.75, 3.05) is 35.7 Å². The van der Waals surface area contributed by atoms with Crippen molar-refractivity contribution in [3.63, 3.8) is 0 Å². The number of amides is 1. The summed E-state index contributed by atoms with van der Waals surface area (Å²) >= 11 is 0. The highest BCUT2D eigenvalue weighted by Crippen LogP contribution is 2.29. The predicted molar refractivity (Wildman–Crippen MR) is 120 cm³/mol. The Morgan fingerprint density at radius 3 is 2.45 bits per heavy atom. The summed E-state index contributed by atoms with van der Waals surface area (Å²) < 4.78 is 5.10. The fourth-order valence-electron chi connectivity index (χ4n) is 2.98. The van der Waals surface area contributed by atoms with Gasteiger partial charge in [-0.25, -0.2) is 0 Å². The molecule has 0 heterocycles. The van der Waals surface area contributed by atoms with Crippen LogP contribution in [0.3, 0.4) is 0 Å². The molecule has 9 nitrogen and oxygen atoms in total. The molecule has 2 aromatic carbocycles. The van der Waals surface area contributed by atoms with Crippen LogP contribution in [-0.4, -0.2) is 31.0 Å². The molecule has 2 aromatic rings. The van der Waals surface area contributed by atoms with E-state index in [1.165, 1.54) is 31.5 Å². The van der Waals surface area contributed by atoms with Gasteiger partial charge in [-0.1, -0.05) is 0 Å². The second-order valence-electron chi connectivity index (χ2n) is 6.58. The second kappa shape index (κ2) is 10.6. The first-order valence-electron chi connectivity index (χ1n) is 9.70. The van der Waals surface area contributed by atoms with E-state index in [1.807, 2.05) is 31.2 Å². The molecule has 0 atom stereocenters. The maximum atomic E-state index is 12.5. The molecule has 0 spiro atoms. The van der Waals surface area contributed by atoms with Crippen molar-refractivity contribution < 1.29 is 14.5 Å². The maximum absolute atomic E-state index is 12.5. The smallest absolute Gasteiger partial charge is 0.273 e. The lowest BCUT2D eigenvalue weighted by molar-refractivity contribution is -0.384. The number of nitrogens with zero attached hydrogens (tertiary/aromatic N) is 3. The molecule has 0 radical (unpaired) electrons. The van der Waals surface area contributed by atoms with Gasteiger partial charge in [0.25, 0.3) is 11.6 Å². The molecule has 0 saturated carbocycles. The van der Waals surface area contributed by atoms with Gasteiger partial charge in [0.15, 0.2) is 0 Å². The summed E-state index contributed by atoms with van der Waals surface area (Å²) in [5.41, 5.74) is 2.73. The summed E-state index contributed by atoms with van der Waals surface area (Å²) in [5.74, 6) is -0.546. The lowest BCUT2D eigenvalue weighted by atomic mass is 10.1. The van der Waals surface area contributed by atoms with Gasteiger partial charge in [-0.3, -0.25) is 14.9 Å². The Morgan fingerprint density at radius 2 is 1.90 bits per heavy atom. The van der Waals surface area contributed by atoms with E-state index in [-0.39, 0.29) is 22.7 Å². The zero-order valence-corrected chi connectivity index (χ0v) is 17.9. The predicted octanol–water partition coefficient (Wildman–Crippen LogP) is 4.22.